The van der Waals surface area contributed by atoms with E-state index in [4.69, 9.17) is 10.5 Å². The summed E-state index contributed by atoms with van der Waals surface area (Å²) in [6, 6.07) is 0. The Morgan fingerprint density at radius 1 is 1.18 bits per heavy atom. The Labute approximate surface area is 105 Å². The molecule has 3 nitrogen and oxygen atoms in total. The first-order valence-electron chi connectivity index (χ1n) is 7.15. The lowest BCUT2D eigenvalue weighted by Gasteiger charge is -2.52. The molecule has 3 N–H and O–H groups in total. The number of hydrogen-bond donors (Lipinski definition) is 2. The second kappa shape index (κ2) is 5.25. The SMILES string of the molecule is CC1COCCC1(O)C1(CN)CCCCCC1. The van der Waals surface area contributed by atoms with Gasteiger partial charge in [0.15, 0.2) is 0 Å². The highest BCUT2D eigenvalue weighted by molar-refractivity contribution is 5.04. The lowest BCUT2D eigenvalue weighted by Crippen LogP contribution is -2.59. The van der Waals surface area contributed by atoms with Gasteiger partial charge in [-0.15, -0.1) is 0 Å². The van der Waals surface area contributed by atoms with Crippen LogP contribution < -0.4 is 5.73 Å². The Bertz CT molecular complexity index is 249. The van der Waals surface area contributed by atoms with Gasteiger partial charge < -0.3 is 15.6 Å². The van der Waals surface area contributed by atoms with Crippen molar-refractivity contribution in [3.05, 3.63) is 0 Å². The molecule has 3 heteroatoms. The zero-order valence-corrected chi connectivity index (χ0v) is 11.1. The smallest absolute Gasteiger partial charge is 0.0784 e. The molecule has 2 atom stereocenters. The molecule has 2 unspecified atom stereocenters. The summed E-state index contributed by atoms with van der Waals surface area (Å²) in [5, 5.41) is 11.2. The van der Waals surface area contributed by atoms with Gasteiger partial charge in [-0.3, -0.25) is 0 Å². The maximum absolute atomic E-state index is 11.2. The van der Waals surface area contributed by atoms with Crippen LogP contribution in [-0.4, -0.2) is 30.5 Å². The van der Waals surface area contributed by atoms with E-state index in [0.717, 1.165) is 19.3 Å². The van der Waals surface area contributed by atoms with Gasteiger partial charge in [0.25, 0.3) is 0 Å². The van der Waals surface area contributed by atoms with Crippen LogP contribution >= 0.6 is 0 Å². The summed E-state index contributed by atoms with van der Waals surface area (Å²) >= 11 is 0. The van der Waals surface area contributed by atoms with Gasteiger partial charge in [-0.05, 0) is 12.8 Å². The van der Waals surface area contributed by atoms with E-state index in [-0.39, 0.29) is 11.3 Å². The van der Waals surface area contributed by atoms with Gasteiger partial charge >= 0.3 is 0 Å². The third-order valence-corrected chi connectivity index (χ3v) is 5.18. The number of nitrogens with two attached hydrogens (primary N) is 1. The van der Waals surface area contributed by atoms with Gasteiger partial charge in [0.05, 0.1) is 12.2 Å². The van der Waals surface area contributed by atoms with Crippen molar-refractivity contribution < 1.29 is 9.84 Å². The van der Waals surface area contributed by atoms with E-state index < -0.39 is 5.60 Å². The van der Waals surface area contributed by atoms with E-state index in [1.54, 1.807) is 0 Å². The first-order valence-corrected chi connectivity index (χ1v) is 7.15. The molecule has 1 heterocycles. The van der Waals surface area contributed by atoms with Crippen molar-refractivity contribution in [1.82, 2.24) is 0 Å². The van der Waals surface area contributed by atoms with Crippen molar-refractivity contribution >= 4 is 0 Å². The Hall–Kier alpha value is -0.120. The fraction of sp³-hybridized carbons (Fsp3) is 1.00. The van der Waals surface area contributed by atoms with Crippen LogP contribution in [0.5, 0.6) is 0 Å². The molecule has 0 radical (unpaired) electrons. The largest absolute Gasteiger partial charge is 0.389 e. The van der Waals surface area contributed by atoms with Crippen molar-refractivity contribution in [2.45, 2.75) is 57.5 Å². The van der Waals surface area contributed by atoms with Crippen LogP contribution in [0.15, 0.2) is 0 Å². The van der Waals surface area contributed by atoms with Crippen LogP contribution in [0.2, 0.25) is 0 Å². The summed E-state index contributed by atoms with van der Waals surface area (Å²) in [4.78, 5) is 0. The van der Waals surface area contributed by atoms with Crippen LogP contribution in [-0.2, 0) is 4.74 Å². The maximum Gasteiger partial charge on any atom is 0.0784 e. The van der Waals surface area contributed by atoms with Gasteiger partial charge in [0.1, 0.15) is 0 Å². The highest BCUT2D eigenvalue weighted by Crippen LogP contribution is 2.49. The molecule has 1 saturated carbocycles. The van der Waals surface area contributed by atoms with E-state index in [1.807, 2.05) is 0 Å². The van der Waals surface area contributed by atoms with Gasteiger partial charge in [-0.2, -0.15) is 0 Å². The number of aliphatic hydroxyl groups is 1. The van der Waals surface area contributed by atoms with Gasteiger partial charge in [-0.1, -0.05) is 32.6 Å². The molecular formula is C14H27NO2. The topological polar surface area (TPSA) is 55.5 Å². The molecule has 2 rings (SSSR count). The molecule has 2 aliphatic rings. The molecule has 1 aliphatic heterocycles. The summed E-state index contributed by atoms with van der Waals surface area (Å²) in [5.41, 5.74) is 5.42. The molecule has 0 aromatic carbocycles. The van der Waals surface area contributed by atoms with Crippen molar-refractivity contribution in [1.29, 1.82) is 0 Å². The number of ether oxygens (including phenoxy) is 1. The lowest BCUT2D eigenvalue weighted by atomic mass is 9.60. The minimum Gasteiger partial charge on any atom is -0.389 e. The third-order valence-electron chi connectivity index (χ3n) is 5.18. The molecule has 2 fully saturated rings. The molecule has 0 aromatic rings. The van der Waals surface area contributed by atoms with Crippen molar-refractivity contribution in [3.63, 3.8) is 0 Å². The Morgan fingerprint density at radius 3 is 2.35 bits per heavy atom. The van der Waals surface area contributed by atoms with Crippen LogP contribution in [0.1, 0.15) is 51.9 Å². The standard InChI is InChI=1S/C14H27NO2/c1-12-10-17-9-8-14(12,16)13(11-15)6-4-2-3-5-7-13/h12,16H,2-11,15H2,1H3. The second-order valence-electron chi connectivity index (χ2n) is 6.05. The van der Waals surface area contributed by atoms with Crippen LogP contribution in [0.3, 0.4) is 0 Å². The molecule has 0 aromatic heterocycles. The predicted molar refractivity (Wildman–Crippen MR) is 68.7 cm³/mol. The summed E-state index contributed by atoms with van der Waals surface area (Å²) < 4.78 is 5.49. The molecule has 17 heavy (non-hydrogen) atoms. The van der Waals surface area contributed by atoms with Crippen molar-refractivity contribution in [3.8, 4) is 0 Å². The Balaban J connectivity index is 2.24. The number of rotatable bonds is 2. The zero-order valence-electron chi connectivity index (χ0n) is 11.1. The van der Waals surface area contributed by atoms with Crippen molar-refractivity contribution in [2.24, 2.45) is 17.1 Å². The molecule has 1 saturated heterocycles. The molecule has 0 amide bonds. The molecule has 0 bridgehead atoms. The molecule has 0 spiro atoms. The summed E-state index contributed by atoms with van der Waals surface area (Å²) in [5.74, 6) is 0.206. The summed E-state index contributed by atoms with van der Waals surface area (Å²) in [6.07, 6.45) is 7.95. The quantitative estimate of drug-likeness (QED) is 0.728. The third kappa shape index (κ3) is 2.25. The highest BCUT2D eigenvalue weighted by atomic mass is 16.5. The summed E-state index contributed by atoms with van der Waals surface area (Å²) in [7, 11) is 0. The average molecular weight is 241 g/mol. The predicted octanol–water partition coefficient (Wildman–Crippen LogP) is 2.07. The average Bonchev–Trinajstić information content (AvgIpc) is 2.59. The highest BCUT2D eigenvalue weighted by Gasteiger charge is 2.53. The van der Waals surface area contributed by atoms with Gasteiger partial charge in [0, 0.05) is 30.9 Å². The maximum atomic E-state index is 11.2. The molecule has 1 aliphatic carbocycles. The monoisotopic (exact) mass is 241 g/mol. The zero-order chi connectivity index (χ0) is 12.4. The van der Waals surface area contributed by atoms with E-state index in [9.17, 15) is 5.11 Å². The first-order chi connectivity index (χ1) is 8.15. The first kappa shape index (κ1) is 13.3. The van der Waals surface area contributed by atoms with Gasteiger partial charge in [-0.25, -0.2) is 0 Å². The second-order valence-corrected chi connectivity index (χ2v) is 6.05. The number of hydrogen-bond acceptors (Lipinski definition) is 3. The Kier molecular flexibility index (Phi) is 4.11. The minimum absolute atomic E-state index is 0.0628. The molecule has 100 valence electrons. The van der Waals surface area contributed by atoms with Crippen molar-refractivity contribution in [2.75, 3.05) is 19.8 Å². The van der Waals surface area contributed by atoms with Gasteiger partial charge in [0.2, 0.25) is 0 Å². The fourth-order valence-electron chi connectivity index (χ4n) is 3.88. The normalized spacial score (nSPS) is 38.6. The summed E-state index contributed by atoms with van der Waals surface area (Å²) in [6.45, 7) is 4.09. The van der Waals surface area contributed by atoms with Crippen LogP contribution in [0.25, 0.3) is 0 Å². The van der Waals surface area contributed by atoms with Crippen LogP contribution in [0, 0.1) is 11.3 Å². The molecular weight excluding hydrogens is 214 g/mol. The fourth-order valence-corrected chi connectivity index (χ4v) is 3.88. The van der Waals surface area contributed by atoms with E-state index in [1.165, 1.54) is 25.7 Å². The Morgan fingerprint density at radius 2 is 1.82 bits per heavy atom. The van der Waals surface area contributed by atoms with E-state index in [2.05, 4.69) is 6.92 Å². The van der Waals surface area contributed by atoms with E-state index >= 15 is 0 Å². The minimum atomic E-state index is -0.607. The lowest BCUT2D eigenvalue weighted by molar-refractivity contribution is -0.181. The van der Waals surface area contributed by atoms with E-state index in [0.29, 0.717) is 19.8 Å². The van der Waals surface area contributed by atoms with Crippen LogP contribution in [0.4, 0.5) is 0 Å².